The summed E-state index contributed by atoms with van der Waals surface area (Å²) in [6, 6.07) is 9.07. The van der Waals surface area contributed by atoms with Crippen LogP contribution in [0.5, 0.6) is 0 Å². The van der Waals surface area contributed by atoms with E-state index in [4.69, 9.17) is 0 Å². The van der Waals surface area contributed by atoms with Gasteiger partial charge in [-0.15, -0.1) is 11.3 Å². The molecule has 1 aliphatic heterocycles. The molecule has 2 aromatic rings. The Hall–Kier alpha value is -2.47. The highest BCUT2D eigenvalue weighted by molar-refractivity contribution is 7.09. The minimum Gasteiger partial charge on any atom is -0.341 e. The molecule has 1 aromatic carbocycles. The van der Waals surface area contributed by atoms with Crippen LogP contribution in [0.25, 0.3) is 6.08 Å². The summed E-state index contributed by atoms with van der Waals surface area (Å²) in [5, 5.41) is 5.65. The van der Waals surface area contributed by atoms with E-state index in [-0.39, 0.29) is 11.8 Å². The monoisotopic (exact) mass is 341 g/mol. The second-order valence-electron chi connectivity index (χ2n) is 5.65. The van der Waals surface area contributed by atoms with Gasteiger partial charge in [-0.2, -0.15) is 0 Å². The third-order valence-corrected chi connectivity index (χ3v) is 4.66. The molecule has 1 aliphatic rings. The summed E-state index contributed by atoms with van der Waals surface area (Å²) in [5.41, 5.74) is 1.63. The number of carbonyl (C=O) groups excluding carboxylic acids is 2. The summed E-state index contributed by atoms with van der Waals surface area (Å²) in [7, 11) is 0. The van der Waals surface area contributed by atoms with E-state index in [0.717, 1.165) is 22.8 Å². The van der Waals surface area contributed by atoms with Crippen molar-refractivity contribution in [3.63, 3.8) is 0 Å². The van der Waals surface area contributed by atoms with Crippen molar-refractivity contribution >= 4 is 34.9 Å². The van der Waals surface area contributed by atoms with Gasteiger partial charge >= 0.3 is 0 Å². The SMILES string of the molecule is Cc1nc(C=CC(=O)NC2CCCN(c3ccccc3)C2=O)cs1. The molecule has 2 amide bonds. The van der Waals surface area contributed by atoms with Gasteiger partial charge in [-0.05, 0) is 38.0 Å². The Labute approximate surface area is 145 Å². The Balaban J connectivity index is 1.63. The smallest absolute Gasteiger partial charge is 0.249 e. The van der Waals surface area contributed by atoms with Gasteiger partial charge in [-0.1, -0.05) is 18.2 Å². The lowest BCUT2D eigenvalue weighted by Crippen LogP contribution is -2.52. The first-order valence-electron chi connectivity index (χ1n) is 7.90. The molecular weight excluding hydrogens is 322 g/mol. The zero-order chi connectivity index (χ0) is 16.9. The van der Waals surface area contributed by atoms with Gasteiger partial charge in [0.1, 0.15) is 6.04 Å². The number of hydrogen-bond donors (Lipinski definition) is 1. The first-order valence-corrected chi connectivity index (χ1v) is 8.78. The molecule has 24 heavy (non-hydrogen) atoms. The summed E-state index contributed by atoms with van der Waals surface area (Å²) in [6.07, 6.45) is 4.63. The number of thiazole rings is 1. The van der Waals surface area contributed by atoms with Crippen LogP contribution in [0.2, 0.25) is 0 Å². The number of aromatic nitrogens is 1. The minimum absolute atomic E-state index is 0.0568. The molecule has 1 fully saturated rings. The van der Waals surface area contributed by atoms with E-state index in [1.807, 2.05) is 42.6 Å². The molecule has 5 nitrogen and oxygen atoms in total. The standard InChI is InChI=1S/C18H19N3O2S/c1-13-19-14(12-24-13)9-10-17(22)20-16-8-5-11-21(18(16)23)15-6-3-2-4-7-15/h2-4,6-7,9-10,12,16H,5,8,11H2,1H3,(H,20,22). The molecule has 0 aliphatic carbocycles. The van der Waals surface area contributed by atoms with Crippen LogP contribution < -0.4 is 10.2 Å². The maximum Gasteiger partial charge on any atom is 0.249 e. The molecule has 3 rings (SSSR count). The quantitative estimate of drug-likeness (QED) is 0.870. The van der Waals surface area contributed by atoms with E-state index in [2.05, 4.69) is 10.3 Å². The number of nitrogens with zero attached hydrogens (tertiary/aromatic N) is 2. The molecule has 0 bridgehead atoms. The van der Waals surface area contributed by atoms with Gasteiger partial charge in [0.2, 0.25) is 11.8 Å². The number of benzene rings is 1. The molecule has 1 atom stereocenters. The molecule has 6 heteroatoms. The van der Waals surface area contributed by atoms with Crippen LogP contribution in [0.3, 0.4) is 0 Å². The van der Waals surface area contributed by atoms with E-state index in [0.29, 0.717) is 13.0 Å². The number of anilines is 1. The van der Waals surface area contributed by atoms with Crippen LogP contribution in [-0.2, 0) is 9.59 Å². The predicted octanol–water partition coefficient (Wildman–Crippen LogP) is 2.78. The third-order valence-electron chi connectivity index (χ3n) is 3.87. The number of hydrogen-bond acceptors (Lipinski definition) is 4. The highest BCUT2D eigenvalue weighted by Crippen LogP contribution is 2.20. The molecule has 124 valence electrons. The van der Waals surface area contributed by atoms with Crippen molar-refractivity contribution < 1.29 is 9.59 Å². The van der Waals surface area contributed by atoms with Gasteiger partial charge < -0.3 is 10.2 Å². The summed E-state index contributed by atoms with van der Waals surface area (Å²) >= 11 is 1.54. The normalized spacial score (nSPS) is 18.1. The highest BCUT2D eigenvalue weighted by atomic mass is 32.1. The van der Waals surface area contributed by atoms with E-state index >= 15 is 0 Å². The van der Waals surface area contributed by atoms with Crippen LogP contribution in [0.15, 0.2) is 41.8 Å². The second kappa shape index (κ2) is 7.40. The molecule has 0 radical (unpaired) electrons. The fraction of sp³-hybridized carbons (Fsp3) is 0.278. The van der Waals surface area contributed by atoms with Gasteiger partial charge in [-0.25, -0.2) is 4.98 Å². The number of nitrogens with one attached hydrogen (secondary N) is 1. The van der Waals surface area contributed by atoms with Crippen LogP contribution in [0.1, 0.15) is 23.5 Å². The fourth-order valence-electron chi connectivity index (χ4n) is 2.71. The van der Waals surface area contributed by atoms with E-state index in [9.17, 15) is 9.59 Å². The highest BCUT2D eigenvalue weighted by Gasteiger charge is 2.30. The Morgan fingerprint density at radius 3 is 2.88 bits per heavy atom. The average molecular weight is 341 g/mol. The number of para-hydroxylation sites is 1. The minimum atomic E-state index is -0.478. The lowest BCUT2D eigenvalue weighted by atomic mass is 10.0. The number of amides is 2. The average Bonchev–Trinajstić information content (AvgIpc) is 3.01. The largest absolute Gasteiger partial charge is 0.341 e. The molecule has 1 aromatic heterocycles. The van der Waals surface area contributed by atoms with Crippen molar-refractivity contribution in [2.24, 2.45) is 0 Å². The van der Waals surface area contributed by atoms with Gasteiger partial charge in [0.25, 0.3) is 0 Å². The van der Waals surface area contributed by atoms with Crippen molar-refractivity contribution in [3.05, 3.63) is 52.5 Å². The maximum absolute atomic E-state index is 12.6. The van der Waals surface area contributed by atoms with Crippen LogP contribution in [0.4, 0.5) is 5.69 Å². The van der Waals surface area contributed by atoms with Crippen LogP contribution in [0, 0.1) is 6.92 Å². The van der Waals surface area contributed by atoms with Crippen molar-refractivity contribution in [1.82, 2.24) is 10.3 Å². The summed E-state index contributed by atoms with van der Waals surface area (Å²) in [6.45, 7) is 2.60. The Morgan fingerprint density at radius 1 is 1.38 bits per heavy atom. The first-order chi connectivity index (χ1) is 11.6. The summed E-state index contributed by atoms with van der Waals surface area (Å²) < 4.78 is 0. The molecular formula is C18H19N3O2S. The first kappa shape index (κ1) is 16.4. The number of aryl methyl sites for hydroxylation is 1. The third kappa shape index (κ3) is 3.89. The number of carbonyl (C=O) groups is 2. The second-order valence-corrected chi connectivity index (χ2v) is 6.72. The lowest BCUT2D eigenvalue weighted by molar-refractivity contribution is -0.126. The van der Waals surface area contributed by atoms with Crippen molar-refractivity contribution in [3.8, 4) is 0 Å². The fourth-order valence-corrected chi connectivity index (χ4v) is 3.29. The van der Waals surface area contributed by atoms with Crippen LogP contribution >= 0.6 is 11.3 Å². The van der Waals surface area contributed by atoms with E-state index < -0.39 is 6.04 Å². The summed E-state index contributed by atoms with van der Waals surface area (Å²) in [5.74, 6) is -0.326. The molecule has 2 heterocycles. The Bertz CT molecular complexity index is 755. The Morgan fingerprint density at radius 2 is 2.17 bits per heavy atom. The molecule has 1 saturated heterocycles. The van der Waals surface area contributed by atoms with Crippen molar-refractivity contribution in [2.45, 2.75) is 25.8 Å². The maximum atomic E-state index is 12.6. The van der Waals surface area contributed by atoms with Crippen molar-refractivity contribution in [1.29, 1.82) is 0 Å². The van der Waals surface area contributed by atoms with Gasteiger partial charge in [0, 0.05) is 23.7 Å². The summed E-state index contributed by atoms with van der Waals surface area (Å²) in [4.78, 5) is 30.7. The zero-order valence-corrected chi connectivity index (χ0v) is 14.3. The van der Waals surface area contributed by atoms with Gasteiger partial charge in [0.05, 0.1) is 10.7 Å². The molecule has 0 spiro atoms. The number of rotatable bonds is 4. The van der Waals surface area contributed by atoms with Crippen LogP contribution in [-0.4, -0.2) is 29.4 Å². The van der Waals surface area contributed by atoms with E-state index in [1.165, 1.54) is 17.4 Å². The Kier molecular flexibility index (Phi) is 5.05. The van der Waals surface area contributed by atoms with Crippen molar-refractivity contribution in [2.75, 3.05) is 11.4 Å². The molecule has 0 saturated carbocycles. The molecule has 1 unspecified atom stereocenters. The van der Waals surface area contributed by atoms with Gasteiger partial charge in [-0.3, -0.25) is 9.59 Å². The topological polar surface area (TPSA) is 62.3 Å². The zero-order valence-electron chi connectivity index (χ0n) is 13.4. The predicted molar refractivity (Wildman–Crippen MR) is 95.8 cm³/mol. The lowest BCUT2D eigenvalue weighted by Gasteiger charge is -2.32. The number of piperidine rings is 1. The van der Waals surface area contributed by atoms with Gasteiger partial charge in [0.15, 0.2) is 0 Å². The molecule has 1 N–H and O–H groups in total. The van der Waals surface area contributed by atoms with E-state index in [1.54, 1.807) is 11.0 Å².